The van der Waals surface area contributed by atoms with Gasteiger partial charge in [-0.15, -0.1) is 0 Å². The minimum absolute atomic E-state index is 0.0192. The van der Waals surface area contributed by atoms with Crippen LogP contribution in [0.4, 0.5) is 5.69 Å². The van der Waals surface area contributed by atoms with Gasteiger partial charge in [-0.2, -0.15) is 0 Å². The minimum Gasteiger partial charge on any atom is -0.493 e. The minimum atomic E-state index is -0.132. The molecule has 0 aromatic heterocycles. The summed E-state index contributed by atoms with van der Waals surface area (Å²) in [7, 11) is 3.27. The van der Waals surface area contributed by atoms with Crippen LogP contribution >= 0.6 is 0 Å². The largest absolute Gasteiger partial charge is 0.493 e. The summed E-state index contributed by atoms with van der Waals surface area (Å²) in [6, 6.07) is 11.6. The molecule has 0 aliphatic rings. The van der Waals surface area contributed by atoms with Gasteiger partial charge < -0.3 is 19.9 Å². The Bertz CT molecular complexity index is 886. The zero-order chi connectivity index (χ0) is 23.7. The number of hydrogen-bond acceptors (Lipinski definition) is 4. The van der Waals surface area contributed by atoms with Gasteiger partial charge in [0.05, 0.1) is 20.8 Å². The average molecular weight is 442 g/mol. The average Bonchev–Trinajstić information content (AvgIpc) is 2.76. The number of aliphatic hydroxyl groups excluding tert-OH is 1. The van der Waals surface area contributed by atoms with E-state index in [4.69, 9.17) is 9.47 Å². The van der Waals surface area contributed by atoms with Crippen LogP contribution in [-0.4, -0.2) is 25.2 Å². The molecule has 176 valence electrons. The van der Waals surface area contributed by atoms with E-state index < -0.39 is 0 Å². The molecule has 0 spiro atoms. The fraction of sp³-hybridized carbons (Fsp3) is 0.519. The van der Waals surface area contributed by atoms with Crippen molar-refractivity contribution in [2.75, 3.05) is 19.5 Å². The number of aliphatic hydroxyl groups is 1. The number of benzene rings is 2. The molecule has 1 unspecified atom stereocenters. The maximum absolute atomic E-state index is 13.2. The maximum Gasteiger partial charge on any atom is 0.224 e. The van der Waals surface area contributed by atoms with Crippen molar-refractivity contribution in [1.29, 1.82) is 0 Å². The molecule has 0 saturated carbocycles. The predicted octanol–water partition coefficient (Wildman–Crippen LogP) is 6.19. The Morgan fingerprint density at radius 3 is 2.44 bits per heavy atom. The first-order valence-corrected chi connectivity index (χ1v) is 11.5. The van der Waals surface area contributed by atoms with Gasteiger partial charge in [-0.05, 0) is 41.0 Å². The smallest absolute Gasteiger partial charge is 0.224 e. The number of methoxy groups -OCH3 is 2. The maximum atomic E-state index is 13.2. The van der Waals surface area contributed by atoms with Gasteiger partial charge in [0.1, 0.15) is 0 Å². The molecule has 5 nitrogen and oxygen atoms in total. The lowest BCUT2D eigenvalue weighted by Crippen LogP contribution is -2.21. The molecule has 0 heterocycles. The highest BCUT2D eigenvalue weighted by molar-refractivity contribution is 5.92. The number of ether oxygens (including phenoxy) is 2. The van der Waals surface area contributed by atoms with Crippen LogP contribution in [0.3, 0.4) is 0 Å². The van der Waals surface area contributed by atoms with Crippen molar-refractivity contribution < 1.29 is 19.4 Å². The molecule has 0 aliphatic heterocycles. The molecule has 2 rings (SSSR count). The first kappa shape index (κ1) is 25.7. The number of nitrogens with one attached hydrogen (secondary N) is 1. The molecule has 2 aromatic rings. The molecule has 32 heavy (non-hydrogen) atoms. The van der Waals surface area contributed by atoms with Crippen molar-refractivity contribution >= 4 is 11.6 Å². The molecule has 0 saturated heterocycles. The van der Waals surface area contributed by atoms with Gasteiger partial charge >= 0.3 is 0 Å². The van der Waals surface area contributed by atoms with Crippen LogP contribution in [0, 0.1) is 0 Å². The second-order valence-corrected chi connectivity index (χ2v) is 9.32. The number of hydrogen-bond donors (Lipinski definition) is 2. The number of para-hydroxylation sites is 1. The van der Waals surface area contributed by atoms with Crippen LogP contribution in [0.2, 0.25) is 0 Å². The number of carbonyl (C=O) groups excluding carboxylic acids is 1. The van der Waals surface area contributed by atoms with E-state index in [0.717, 1.165) is 48.1 Å². The summed E-state index contributed by atoms with van der Waals surface area (Å²) >= 11 is 0. The van der Waals surface area contributed by atoms with Gasteiger partial charge in [-0.3, -0.25) is 4.79 Å². The molecule has 2 aromatic carbocycles. The van der Waals surface area contributed by atoms with Crippen molar-refractivity contribution in [1.82, 2.24) is 0 Å². The molecule has 0 radical (unpaired) electrons. The predicted molar refractivity (Wildman–Crippen MR) is 131 cm³/mol. The van der Waals surface area contributed by atoms with Crippen LogP contribution in [0.5, 0.6) is 11.5 Å². The van der Waals surface area contributed by atoms with Crippen molar-refractivity contribution in [3.8, 4) is 11.5 Å². The third-order valence-corrected chi connectivity index (χ3v) is 5.81. The second kappa shape index (κ2) is 11.9. The molecular formula is C27H39NO4. The Hall–Kier alpha value is -2.53. The summed E-state index contributed by atoms with van der Waals surface area (Å²) in [5.74, 6) is 1.35. The summed E-state index contributed by atoms with van der Waals surface area (Å²) in [5.41, 5.74) is 3.46. The van der Waals surface area contributed by atoms with E-state index in [0.29, 0.717) is 17.9 Å². The van der Waals surface area contributed by atoms with Crippen LogP contribution in [-0.2, 0) is 16.8 Å². The molecule has 5 heteroatoms. The molecule has 0 fully saturated rings. The lowest BCUT2D eigenvalue weighted by atomic mass is 9.85. The highest BCUT2D eigenvalue weighted by Crippen LogP contribution is 2.39. The van der Waals surface area contributed by atoms with E-state index >= 15 is 0 Å². The van der Waals surface area contributed by atoms with Gasteiger partial charge in [0, 0.05) is 17.7 Å². The van der Waals surface area contributed by atoms with Gasteiger partial charge in [-0.25, -0.2) is 0 Å². The first-order chi connectivity index (χ1) is 15.2. The van der Waals surface area contributed by atoms with Gasteiger partial charge in [0.25, 0.3) is 0 Å². The zero-order valence-corrected chi connectivity index (χ0v) is 20.5. The topological polar surface area (TPSA) is 67.8 Å². The number of carbonyl (C=O) groups is 1. The number of unbranched alkanes of at least 4 members (excludes halogenated alkanes) is 2. The van der Waals surface area contributed by atoms with Crippen LogP contribution in [0.1, 0.15) is 82.4 Å². The highest BCUT2D eigenvalue weighted by Gasteiger charge is 2.24. The van der Waals surface area contributed by atoms with Crippen LogP contribution in [0.25, 0.3) is 0 Å². The molecule has 1 amide bonds. The Kier molecular flexibility index (Phi) is 9.58. The van der Waals surface area contributed by atoms with E-state index in [2.05, 4.69) is 33.0 Å². The zero-order valence-electron chi connectivity index (χ0n) is 20.5. The van der Waals surface area contributed by atoms with Crippen LogP contribution < -0.4 is 14.8 Å². The fourth-order valence-electron chi connectivity index (χ4n) is 4.11. The third-order valence-electron chi connectivity index (χ3n) is 5.81. The van der Waals surface area contributed by atoms with Crippen molar-refractivity contribution in [2.45, 2.75) is 77.7 Å². The number of rotatable bonds is 11. The highest BCUT2D eigenvalue weighted by atomic mass is 16.5. The van der Waals surface area contributed by atoms with E-state index in [1.54, 1.807) is 14.2 Å². The quantitative estimate of drug-likeness (QED) is 0.408. The Balaban J connectivity index is 2.33. The third kappa shape index (κ3) is 6.73. The van der Waals surface area contributed by atoms with E-state index in [-0.39, 0.29) is 23.8 Å². The van der Waals surface area contributed by atoms with Crippen molar-refractivity contribution in [3.63, 3.8) is 0 Å². The molecule has 2 N–H and O–H groups in total. The summed E-state index contributed by atoms with van der Waals surface area (Å²) < 4.78 is 11.1. The standard InChI is InChI=1S/C27H39NO4/c1-7-8-9-11-20(21-12-10-13-24(31-5)26(21)32-6)17-25(30)28-23-16-19(18-29)14-15-22(23)27(2,3)4/h10,12-16,20,29H,7-9,11,17-18H2,1-6H3,(H,28,30). The van der Waals surface area contributed by atoms with Crippen molar-refractivity contribution in [3.05, 3.63) is 53.1 Å². The summed E-state index contributed by atoms with van der Waals surface area (Å²) in [5, 5.41) is 12.7. The van der Waals surface area contributed by atoms with E-state index in [1.165, 1.54) is 0 Å². The van der Waals surface area contributed by atoms with Gasteiger partial charge in [0.2, 0.25) is 5.91 Å². The molecule has 1 atom stereocenters. The lowest BCUT2D eigenvalue weighted by molar-refractivity contribution is -0.116. The number of anilines is 1. The Morgan fingerprint density at radius 2 is 1.84 bits per heavy atom. The Morgan fingerprint density at radius 1 is 1.09 bits per heavy atom. The fourth-order valence-corrected chi connectivity index (χ4v) is 4.11. The molecular weight excluding hydrogens is 402 g/mol. The summed E-state index contributed by atoms with van der Waals surface area (Å²) in [6.45, 7) is 8.46. The van der Waals surface area contributed by atoms with Gasteiger partial charge in [-0.1, -0.05) is 71.2 Å². The summed E-state index contributed by atoms with van der Waals surface area (Å²) in [4.78, 5) is 13.2. The SMILES string of the molecule is CCCCCC(CC(=O)Nc1cc(CO)ccc1C(C)(C)C)c1cccc(OC)c1OC. The molecule has 0 bridgehead atoms. The number of amides is 1. The monoisotopic (exact) mass is 441 g/mol. The van der Waals surface area contributed by atoms with Crippen molar-refractivity contribution in [2.24, 2.45) is 0 Å². The lowest BCUT2D eigenvalue weighted by Gasteiger charge is -2.25. The van der Waals surface area contributed by atoms with E-state index in [1.807, 2.05) is 36.4 Å². The second-order valence-electron chi connectivity index (χ2n) is 9.32. The first-order valence-electron chi connectivity index (χ1n) is 11.5. The van der Waals surface area contributed by atoms with E-state index in [9.17, 15) is 9.90 Å². The summed E-state index contributed by atoms with van der Waals surface area (Å²) in [6.07, 6.45) is 4.53. The van der Waals surface area contributed by atoms with Crippen LogP contribution in [0.15, 0.2) is 36.4 Å². The molecule has 0 aliphatic carbocycles. The van der Waals surface area contributed by atoms with Gasteiger partial charge in [0.15, 0.2) is 11.5 Å². The normalized spacial score (nSPS) is 12.3. The Labute approximate surface area is 193 Å².